The number of aliphatic hydroxyl groups excluding tert-OH is 1. The fourth-order valence-corrected chi connectivity index (χ4v) is 4.69. The van der Waals surface area contributed by atoms with Crippen LogP contribution >= 0.6 is 0 Å². The Morgan fingerprint density at radius 3 is 2.53 bits per heavy atom. The van der Waals surface area contributed by atoms with Gasteiger partial charge in [-0.2, -0.15) is 0 Å². The third-order valence-electron chi connectivity index (χ3n) is 6.58. The van der Waals surface area contributed by atoms with E-state index < -0.39 is 17.7 Å². The summed E-state index contributed by atoms with van der Waals surface area (Å²) in [5, 5.41) is 11.4. The van der Waals surface area contributed by atoms with Gasteiger partial charge in [0.1, 0.15) is 11.5 Å². The number of hydrogen-bond acceptors (Lipinski definition) is 7. The van der Waals surface area contributed by atoms with Gasteiger partial charge in [0, 0.05) is 44.1 Å². The van der Waals surface area contributed by atoms with E-state index in [2.05, 4.69) is 23.7 Å². The number of Topliss-reactive ketones (excluding diaryl/α,β-unsaturated/α-hetero) is 1. The molecule has 4 rings (SSSR count). The molecule has 2 aromatic rings. The Kier molecular flexibility index (Phi) is 8.38. The van der Waals surface area contributed by atoms with Crippen LogP contribution in [0.15, 0.2) is 48.3 Å². The van der Waals surface area contributed by atoms with Gasteiger partial charge < -0.3 is 19.5 Å². The average Bonchev–Trinajstić information content (AvgIpc) is 3.13. The van der Waals surface area contributed by atoms with Crippen LogP contribution < -0.4 is 4.74 Å². The maximum Gasteiger partial charge on any atom is 0.295 e. The Morgan fingerprint density at radius 2 is 1.86 bits per heavy atom. The lowest BCUT2D eigenvalue weighted by Gasteiger charge is -2.29. The van der Waals surface area contributed by atoms with Crippen LogP contribution in [0.25, 0.3) is 5.76 Å². The first-order chi connectivity index (χ1) is 17.4. The third kappa shape index (κ3) is 5.77. The standard InChI is InChI=1S/C28H35N3O5/c1-19(2)18-36-22-5-6-23(20(3)17-22)26(32)24-25(21-7-9-29-10-8-21)31(28(34)27(24)33)12-4-11-30-13-15-35-16-14-30/h5-10,17,19,25,32H,4,11-16,18H2,1-3H3/b26-24+/t25-/m1/s1. The monoisotopic (exact) mass is 493 g/mol. The fourth-order valence-electron chi connectivity index (χ4n) is 4.69. The quantitative estimate of drug-likeness (QED) is 0.324. The van der Waals surface area contributed by atoms with Crippen LogP contribution in [0.4, 0.5) is 0 Å². The normalized spacial score (nSPS) is 20.3. The number of benzene rings is 1. The van der Waals surface area contributed by atoms with Crippen molar-refractivity contribution in [1.82, 2.24) is 14.8 Å². The number of aliphatic hydroxyl groups is 1. The summed E-state index contributed by atoms with van der Waals surface area (Å²) < 4.78 is 11.2. The number of aryl methyl sites for hydroxylation is 1. The summed E-state index contributed by atoms with van der Waals surface area (Å²) in [7, 11) is 0. The molecule has 1 N–H and O–H groups in total. The van der Waals surface area contributed by atoms with Crippen LogP contribution in [-0.4, -0.2) is 77.6 Å². The molecule has 1 amide bonds. The summed E-state index contributed by atoms with van der Waals surface area (Å²) in [5.74, 6) is -0.334. The molecule has 0 spiro atoms. The molecule has 3 heterocycles. The van der Waals surface area contributed by atoms with E-state index in [1.54, 1.807) is 41.6 Å². The first-order valence-corrected chi connectivity index (χ1v) is 12.6. The van der Waals surface area contributed by atoms with Crippen molar-refractivity contribution in [3.8, 4) is 5.75 Å². The van der Waals surface area contributed by atoms with Crippen LogP contribution in [0.1, 0.15) is 43.0 Å². The molecule has 0 saturated carbocycles. The lowest BCUT2D eigenvalue weighted by Crippen LogP contribution is -2.38. The Bertz CT molecular complexity index is 1110. The molecular weight excluding hydrogens is 458 g/mol. The maximum atomic E-state index is 13.3. The topological polar surface area (TPSA) is 92.2 Å². The SMILES string of the molecule is Cc1cc(OCC(C)C)ccc1/C(O)=C1\C(=O)C(=O)N(CCCN2CCOCC2)[C@@H]1c1ccncc1. The van der Waals surface area contributed by atoms with Crippen molar-refractivity contribution < 1.29 is 24.2 Å². The van der Waals surface area contributed by atoms with Crippen LogP contribution in [0.3, 0.4) is 0 Å². The molecule has 2 aliphatic heterocycles. The molecule has 1 aromatic heterocycles. The predicted octanol–water partition coefficient (Wildman–Crippen LogP) is 3.57. The van der Waals surface area contributed by atoms with Gasteiger partial charge in [0.15, 0.2) is 0 Å². The van der Waals surface area contributed by atoms with Gasteiger partial charge in [-0.1, -0.05) is 13.8 Å². The van der Waals surface area contributed by atoms with E-state index in [1.807, 2.05) is 13.0 Å². The minimum Gasteiger partial charge on any atom is -0.507 e. The zero-order valence-electron chi connectivity index (χ0n) is 21.3. The van der Waals surface area contributed by atoms with E-state index in [0.29, 0.717) is 43.6 Å². The van der Waals surface area contributed by atoms with Gasteiger partial charge in [0.2, 0.25) is 0 Å². The Hall–Kier alpha value is -3.23. The molecule has 2 aliphatic rings. The highest BCUT2D eigenvalue weighted by atomic mass is 16.5. The molecule has 8 nitrogen and oxygen atoms in total. The molecule has 192 valence electrons. The van der Waals surface area contributed by atoms with E-state index in [0.717, 1.165) is 37.2 Å². The molecule has 0 aliphatic carbocycles. The average molecular weight is 494 g/mol. The first-order valence-electron chi connectivity index (χ1n) is 12.6. The van der Waals surface area contributed by atoms with E-state index in [1.165, 1.54) is 0 Å². The summed E-state index contributed by atoms with van der Waals surface area (Å²) in [6.45, 7) is 11.0. The second kappa shape index (κ2) is 11.7. The number of likely N-dealkylation sites (tertiary alicyclic amines) is 1. The second-order valence-corrected chi connectivity index (χ2v) is 9.76. The summed E-state index contributed by atoms with van der Waals surface area (Å²) in [5.41, 5.74) is 2.13. The molecule has 2 saturated heterocycles. The van der Waals surface area contributed by atoms with Crippen molar-refractivity contribution in [1.29, 1.82) is 0 Å². The minimum atomic E-state index is -0.672. The highest BCUT2D eigenvalue weighted by Crippen LogP contribution is 2.40. The van der Waals surface area contributed by atoms with Gasteiger partial charge in [-0.05, 0) is 60.7 Å². The summed E-state index contributed by atoms with van der Waals surface area (Å²) in [6.07, 6.45) is 3.99. The molecule has 2 fully saturated rings. The molecule has 0 unspecified atom stereocenters. The van der Waals surface area contributed by atoms with Crippen molar-refractivity contribution in [3.63, 3.8) is 0 Å². The number of carbonyl (C=O) groups is 2. The van der Waals surface area contributed by atoms with Gasteiger partial charge in [0.05, 0.1) is 31.4 Å². The molecule has 36 heavy (non-hydrogen) atoms. The number of pyridine rings is 1. The number of nitrogens with zero attached hydrogens (tertiary/aromatic N) is 3. The summed E-state index contributed by atoms with van der Waals surface area (Å²) in [4.78, 5) is 34.4. The number of rotatable bonds is 9. The highest BCUT2D eigenvalue weighted by Gasteiger charge is 2.46. The fraction of sp³-hybridized carbons (Fsp3) is 0.464. The van der Waals surface area contributed by atoms with Gasteiger partial charge in [-0.15, -0.1) is 0 Å². The minimum absolute atomic E-state index is 0.108. The zero-order chi connectivity index (χ0) is 25.7. The number of ketones is 1. The first kappa shape index (κ1) is 25.9. The van der Waals surface area contributed by atoms with Crippen molar-refractivity contribution in [2.45, 2.75) is 33.2 Å². The van der Waals surface area contributed by atoms with Gasteiger partial charge >= 0.3 is 0 Å². The Balaban J connectivity index is 1.63. The predicted molar refractivity (Wildman–Crippen MR) is 137 cm³/mol. The molecule has 8 heteroatoms. The van der Waals surface area contributed by atoms with Crippen molar-refractivity contribution >= 4 is 17.4 Å². The smallest absolute Gasteiger partial charge is 0.295 e. The molecule has 0 bridgehead atoms. The van der Waals surface area contributed by atoms with Crippen LogP contribution in [0.5, 0.6) is 5.75 Å². The van der Waals surface area contributed by atoms with E-state index in [-0.39, 0.29) is 11.3 Å². The van der Waals surface area contributed by atoms with Crippen molar-refractivity contribution in [2.24, 2.45) is 5.92 Å². The molecular formula is C28H35N3O5. The van der Waals surface area contributed by atoms with Gasteiger partial charge in [-0.25, -0.2) is 0 Å². The molecule has 1 aromatic carbocycles. The zero-order valence-corrected chi connectivity index (χ0v) is 21.3. The largest absolute Gasteiger partial charge is 0.507 e. The molecule has 0 radical (unpaired) electrons. The summed E-state index contributed by atoms with van der Waals surface area (Å²) in [6, 6.07) is 8.27. The van der Waals surface area contributed by atoms with Crippen molar-refractivity contribution in [3.05, 3.63) is 65.0 Å². The van der Waals surface area contributed by atoms with E-state index in [9.17, 15) is 14.7 Å². The molecule has 1 atom stereocenters. The summed E-state index contributed by atoms with van der Waals surface area (Å²) >= 11 is 0. The van der Waals surface area contributed by atoms with Crippen LogP contribution in [-0.2, 0) is 14.3 Å². The second-order valence-electron chi connectivity index (χ2n) is 9.76. The van der Waals surface area contributed by atoms with Crippen LogP contribution in [0, 0.1) is 12.8 Å². The van der Waals surface area contributed by atoms with Gasteiger partial charge in [0.25, 0.3) is 11.7 Å². The Morgan fingerprint density at radius 1 is 1.14 bits per heavy atom. The third-order valence-corrected chi connectivity index (χ3v) is 6.58. The number of hydrogen-bond donors (Lipinski definition) is 1. The highest BCUT2D eigenvalue weighted by molar-refractivity contribution is 6.46. The van der Waals surface area contributed by atoms with Gasteiger partial charge in [-0.3, -0.25) is 19.5 Å². The van der Waals surface area contributed by atoms with E-state index in [4.69, 9.17) is 9.47 Å². The van der Waals surface area contributed by atoms with E-state index >= 15 is 0 Å². The number of ether oxygens (including phenoxy) is 2. The van der Waals surface area contributed by atoms with Crippen LogP contribution in [0.2, 0.25) is 0 Å². The number of morpholine rings is 1. The maximum absolute atomic E-state index is 13.3. The number of aromatic nitrogens is 1. The lowest BCUT2D eigenvalue weighted by molar-refractivity contribution is -0.140. The number of amides is 1. The Labute approximate surface area is 212 Å². The lowest BCUT2D eigenvalue weighted by atomic mass is 9.94. The van der Waals surface area contributed by atoms with Crippen molar-refractivity contribution in [2.75, 3.05) is 46.0 Å². The number of carbonyl (C=O) groups excluding carboxylic acids is 2.